The summed E-state index contributed by atoms with van der Waals surface area (Å²) < 4.78 is 0. The highest BCUT2D eigenvalue weighted by atomic mass is 16.4. The summed E-state index contributed by atoms with van der Waals surface area (Å²) in [6.45, 7) is 3.57. The maximum absolute atomic E-state index is 14.6. The first-order valence-corrected chi connectivity index (χ1v) is 28.0. The molecule has 1 heterocycles. The average Bonchev–Trinajstić information content (AvgIpc) is 4.13. The van der Waals surface area contributed by atoms with Gasteiger partial charge < -0.3 is 115 Å². The van der Waals surface area contributed by atoms with E-state index in [-0.39, 0.29) is 126 Å². The number of aromatic nitrogens is 2. The summed E-state index contributed by atoms with van der Waals surface area (Å²) in [4.78, 5) is 178. The minimum Gasteiger partial charge on any atom is -0.481 e. The quantitative estimate of drug-likeness (QED) is 0.0164. The minimum atomic E-state index is -1.66. The number of carbonyl (C=O) groups is 12. The van der Waals surface area contributed by atoms with Crippen molar-refractivity contribution in [3.8, 4) is 0 Å². The Kier molecular flexibility index (Phi) is 35.4. The normalized spacial score (nSPS) is 14.0. The van der Waals surface area contributed by atoms with Gasteiger partial charge in [-0.1, -0.05) is 13.8 Å². The number of H-pyrrole nitrogens is 1. The predicted octanol–water partition coefficient (Wildman–Crippen LogP) is -8.42. The number of nitrogens with two attached hydrogens (primary N) is 10. The molecule has 1 aromatic rings. The molecule has 0 radical (unpaired) electrons. The minimum absolute atomic E-state index is 0.0278. The van der Waals surface area contributed by atoms with Crippen molar-refractivity contribution in [2.45, 2.75) is 171 Å². The van der Waals surface area contributed by atoms with Gasteiger partial charge in [-0.25, -0.2) is 9.78 Å². The van der Waals surface area contributed by atoms with Crippen molar-refractivity contribution >= 4 is 88.9 Å². The summed E-state index contributed by atoms with van der Waals surface area (Å²) in [6, 6.07) is -13.7. The molecule has 0 aliphatic rings. The molecule has 37 nitrogen and oxygen atoms in total. The first-order valence-electron chi connectivity index (χ1n) is 28.0. The van der Waals surface area contributed by atoms with Gasteiger partial charge in [-0.3, -0.25) is 67.7 Å². The summed E-state index contributed by atoms with van der Waals surface area (Å²) in [5, 5.41) is 39.1. The zero-order valence-corrected chi connectivity index (χ0v) is 48.9. The van der Waals surface area contributed by atoms with Crippen LogP contribution in [0.3, 0.4) is 0 Å². The molecule has 0 spiro atoms. The fraction of sp³-hybridized carbons (Fsp3) is 0.640. The van der Waals surface area contributed by atoms with Crippen LogP contribution in [0.5, 0.6) is 0 Å². The van der Waals surface area contributed by atoms with Crippen LogP contribution in [0.2, 0.25) is 0 Å². The van der Waals surface area contributed by atoms with Gasteiger partial charge >= 0.3 is 11.9 Å². The predicted molar refractivity (Wildman–Crippen MR) is 315 cm³/mol. The molecule has 0 unspecified atom stereocenters. The van der Waals surface area contributed by atoms with Crippen LogP contribution >= 0.6 is 0 Å². The second-order valence-corrected chi connectivity index (χ2v) is 20.6. The van der Waals surface area contributed by atoms with Gasteiger partial charge in [-0.2, -0.15) is 0 Å². The van der Waals surface area contributed by atoms with Gasteiger partial charge in [0.15, 0.2) is 17.9 Å². The van der Waals surface area contributed by atoms with Gasteiger partial charge in [0.2, 0.25) is 59.1 Å². The van der Waals surface area contributed by atoms with Crippen molar-refractivity contribution in [3.63, 3.8) is 0 Å². The van der Waals surface area contributed by atoms with Crippen molar-refractivity contribution in [2.24, 2.45) is 78.2 Å². The number of aromatic amines is 1. The van der Waals surface area contributed by atoms with E-state index in [2.05, 4.69) is 67.5 Å². The van der Waals surface area contributed by atoms with E-state index in [1.165, 1.54) is 12.5 Å². The van der Waals surface area contributed by atoms with Crippen molar-refractivity contribution in [3.05, 3.63) is 18.2 Å². The van der Waals surface area contributed by atoms with Gasteiger partial charge in [-0.05, 0) is 89.5 Å². The van der Waals surface area contributed by atoms with Crippen LogP contribution in [-0.4, -0.2) is 190 Å². The molecule has 37 heteroatoms. The Hall–Kier alpha value is -9.42. The molecule has 0 bridgehead atoms. The number of carboxylic acid groups (broad SMARTS) is 2. The van der Waals surface area contributed by atoms with Gasteiger partial charge in [-0.15, -0.1) is 0 Å². The monoisotopic (exact) mass is 1240 g/mol. The van der Waals surface area contributed by atoms with E-state index < -0.39 is 151 Å². The summed E-state index contributed by atoms with van der Waals surface area (Å²) in [7, 11) is 0. The first kappa shape index (κ1) is 75.6. The number of nitrogens with zero attached hydrogens (tertiary/aromatic N) is 4. The van der Waals surface area contributed by atoms with Crippen LogP contribution in [0.1, 0.15) is 116 Å². The highest BCUT2D eigenvalue weighted by Crippen LogP contribution is 2.13. The average molecular weight is 1240 g/mol. The number of unbranched alkanes of at least 4 members (excludes halogenated alkanes) is 1. The lowest BCUT2D eigenvalue weighted by atomic mass is 10.0. The van der Waals surface area contributed by atoms with Gasteiger partial charge in [0, 0.05) is 50.8 Å². The molecule has 10 amide bonds. The van der Waals surface area contributed by atoms with E-state index in [9.17, 15) is 62.6 Å². The molecule has 488 valence electrons. The number of rotatable bonds is 45. The Labute approximate surface area is 501 Å². The molecule has 0 saturated carbocycles. The highest BCUT2D eigenvalue weighted by Gasteiger charge is 2.36. The third-order valence-electron chi connectivity index (χ3n) is 12.6. The fourth-order valence-electron chi connectivity index (χ4n) is 8.17. The van der Waals surface area contributed by atoms with E-state index in [0.29, 0.717) is 6.42 Å². The molecule has 0 fully saturated rings. The topological polar surface area (TPSA) is 667 Å². The molecule has 31 N–H and O–H groups in total. The van der Waals surface area contributed by atoms with Crippen molar-refractivity contribution in [2.75, 3.05) is 26.2 Å². The highest BCUT2D eigenvalue weighted by molar-refractivity contribution is 5.98. The summed E-state index contributed by atoms with van der Waals surface area (Å²) in [5.74, 6) is -13.6. The second kappa shape index (κ2) is 40.8. The van der Waals surface area contributed by atoms with Crippen molar-refractivity contribution < 1.29 is 67.7 Å². The number of amides is 10. The number of guanidine groups is 3. The van der Waals surface area contributed by atoms with Crippen molar-refractivity contribution in [1.29, 1.82) is 0 Å². The van der Waals surface area contributed by atoms with E-state index in [1.807, 2.05) is 0 Å². The number of hydrogen-bond donors (Lipinski definition) is 21. The third-order valence-corrected chi connectivity index (χ3v) is 12.6. The number of aliphatic carboxylic acids is 2. The van der Waals surface area contributed by atoms with Gasteiger partial charge in [0.05, 0.1) is 18.8 Å². The molecule has 0 aliphatic heterocycles. The third kappa shape index (κ3) is 33.0. The second-order valence-electron chi connectivity index (χ2n) is 20.6. The number of primary amides is 2. The molecule has 0 saturated heterocycles. The Balaban J connectivity index is 3.76. The lowest BCUT2D eigenvalue weighted by Gasteiger charge is -2.28. The molecule has 87 heavy (non-hydrogen) atoms. The van der Waals surface area contributed by atoms with Crippen LogP contribution in [0.4, 0.5) is 0 Å². The van der Waals surface area contributed by atoms with Gasteiger partial charge in [0.25, 0.3) is 0 Å². The summed E-state index contributed by atoms with van der Waals surface area (Å²) in [6.07, 6.45) is -0.0630. The Bertz CT molecular complexity index is 2540. The van der Waals surface area contributed by atoms with Gasteiger partial charge in [0.1, 0.15) is 48.3 Å². The molecule has 1 aromatic heterocycles. The number of nitrogens with one attached hydrogen (secondary N) is 9. The summed E-state index contributed by atoms with van der Waals surface area (Å²) in [5.41, 5.74) is 55.2. The van der Waals surface area contributed by atoms with E-state index in [0.717, 1.165) is 0 Å². The van der Waals surface area contributed by atoms with E-state index >= 15 is 0 Å². The maximum Gasteiger partial charge on any atom is 0.326 e. The zero-order chi connectivity index (χ0) is 65.8. The molecule has 0 aliphatic carbocycles. The Morgan fingerprint density at radius 3 is 1.18 bits per heavy atom. The smallest absolute Gasteiger partial charge is 0.326 e. The summed E-state index contributed by atoms with van der Waals surface area (Å²) >= 11 is 0. The molecule has 0 aromatic carbocycles. The van der Waals surface area contributed by atoms with Crippen LogP contribution in [0.15, 0.2) is 27.5 Å². The maximum atomic E-state index is 14.6. The molecule has 1 rings (SSSR count). The lowest BCUT2D eigenvalue weighted by molar-refractivity contribution is -0.142. The molecule has 9 atom stereocenters. The number of imidazole rings is 1. The van der Waals surface area contributed by atoms with Crippen LogP contribution in [-0.2, 0) is 64.0 Å². The van der Waals surface area contributed by atoms with E-state index in [1.54, 1.807) is 13.8 Å². The van der Waals surface area contributed by atoms with E-state index in [4.69, 9.17) is 62.4 Å². The first-order chi connectivity index (χ1) is 40.9. The fourth-order valence-corrected chi connectivity index (χ4v) is 8.17. The number of carboxylic acids is 2. The van der Waals surface area contributed by atoms with Crippen LogP contribution < -0.4 is 99.9 Å². The standard InChI is InChI=1S/C50H89N23O14/c1-25(2)20-34(72-44(83)31(12-14-36(53)74)66-39(78)27(52)22-38(76)77)45(84)69-28(8-3-4-16-51)40(79)67-30(10-6-18-63-49(57)58)42(81)73-35(21-26-23-61-24-65-26)46(85)70-32(13-15-37(54)75)43(82)68-29(9-5-17-62-48(55)56)41(80)71-33(47(86)87)11-7-19-64-50(59)60/h23-25,27-35H,3-22,51-52H2,1-2H3,(H2,53,74)(H2,54,75)(H,61,65)(H,66,78)(H,67,79)(H,68,82)(H,69,84)(H,70,85)(H,71,80)(H,72,83)(H,73,81)(H,76,77)(H,86,87)(H4,55,56,62)(H4,57,58,63)(H4,59,60,64)/t27-,28-,29-,30-,31-,32-,33-,34-,35-/m0/s1. The largest absolute Gasteiger partial charge is 0.481 e. The SMILES string of the molecule is CC(C)C[C@H](NC(=O)[C@H](CCC(N)=O)NC(=O)[C@@H](N)CC(=O)O)C(=O)N[C@@H](CCCCN)C(=O)N[C@@H](CCCN=C(N)N)C(=O)N[C@@H](Cc1cnc[nH]1)C(=O)N[C@@H](CCC(N)=O)C(=O)N[C@@H](CCCN=C(N)N)C(=O)N[C@@H](CCCN=C(N)N)C(=O)O. The van der Waals surface area contributed by atoms with Crippen LogP contribution in [0, 0.1) is 5.92 Å². The Morgan fingerprint density at radius 2 is 0.828 bits per heavy atom. The van der Waals surface area contributed by atoms with Crippen molar-refractivity contribution in [1.82, 2.24) is 52.5 Å². The number of hydrogen-bond acceptors (Lipinski definition) is 18. The molecular formula is C50H89N23O14. The lowest BCUT2D eigenvalue weighted by Crippen LogP contribution is -2.60. The molecular weight excluding hydrogens is 1150 g/mol. The zero-order valence-electron chi connectivity index (χ0n) is 48.9. The number of carbonyl (C=O) groups excluding carboxylic acids is 10. The number of aliphatic imine (C=N–C) groups is 3. The Morgan fingerprint density at radius 1 is 0.483 bits per heavy atom. The van der Waals surface area contributed by atoms with Crippen LogP contribution in [0.25, 0.3) is 0 Å².